The first-order chi connectivity index (χ1) is 9.01. The minimum absolute atomic E-state index is 0.308. The van der Waals surface area contributed by atoms with Crippen LogP contribution in [0.5, 0.6) is 0 Å². The van der Waals surface area contributed by atoms with Crippen LogP contribution in [0.25, 0.3) is 0 Å². The van der Waals surface area contributed by atoms with Crippen LogP contribution in [0, 0.1) is 13.8 Å². The van der Waals surface area contributed by atoms with Crippen LogP contribution in [0.3, 0.4) is 0 Å². The lowest BCUT2D eigenvalue weighted by Gasteiger charge is -2.11. The molecule has 0 aliphatic rings. The number of nitrogens with one attached hydrogen (secondary N) is 1. The van der Waals surface area contributed by atoms with Gasteiger partial charge in [0.15, 0.2) is 0 Å². The number of carbonyl (C=O) groups is 1. The molecule has 2 N–H and O–H groups in total. The minimum atomic E-state index is -0.922. The highest BCUT2D eigenvalue weighted by atomic mass is 32.2. The maximum absolute atomic E-state index is 11.7. The first-order valence-electron chi connectivity index (χ1n) is 6.48. The van der Waals surface area contributed by atoms with Gasteiger partial charge in [-0.25, -0.2) is 0 Å². The zero-order chi connectivity index (χ0) is 14.4. The van der Waals surface area contributed by atoms with Gasteiger partial charge in [-0.1, -0.05) is 0 Å². The summed E-state index contributed by atoms with van der Waals surface area (Å²) in [4.78, 5) is 11.7. The highest BCUT2D eigenvalue weighted by Crippen LogP contribution is 2.12. The third-order valence-electron chi connectivity index (χ3n) is 3.17. The van der Waals surface area contributed by atoms with E-state index in [0.29, 0.717) is 13.0 Å². The second-order valence-corrected chi connectivity index (χ2v) is 5.47. The molecule has 1 amide bonds. The molecule has 0 radical (unpaired) electrons. The van der Waals surface area contributed by atoms with Crippen LogP contribution in [-0.2, 0) is 17.9 Å². The van der Waals surface area contributed by atoms with Gasteiger partial charge in [0, 0.05) is 24.3 Å². The summed E-state index contributed by atoms with van der Waals surface area (Å²) in [6.07, 6.45) is 1.52. The van der Waals surface area contributed by atoms with Crippen LogP contribution in [0.1, 0.15) is 30.3 Å². The van der Waals surface area contributed by atoms with E-state index < -0.39 is 6.10 Å². The number of aliphatic hydroxyl groups excluding tert-OH is 1. The van der Waals surface area contributed by atoms with Gasteiger partial charge in [-0.2, -0.15) is 16.9 Å². The van der Waals surface area contributed by atoms with Crippen molar-refractivity contribution >= 4 is 17.7 Å². The number of rotatable bonds is 7. The lowest BCUT2D eigenvalue weighted by Crippen LogP contribution is -2.34. The number of amides is 1. The van der Waals surface area contributed by atoms with Gasteiger partial charge in [0.1, 0.15) is 6.10 Å². The molecule has 5 nitrogen and oxygen atoms in total. The topological polar surface area (TPSA) is 67.2 Å². The van der Waals surface area contributed by atoms with Crippen molar-refractivity contribution in [2.24, 2.45) is 0 Å². The molecule has 1 aromatic heterocycles. The van der Waals surface area contributed by atoms with Gasteiger partial charge in [-0.15, -0.1) is 0 Å². The average molecular weight is 285 g/mol. The van der Waals surface area contributed by atoms with Crippen molar-refractivity contribution in [3.8, 4) is 0 Å². The Labute approximate surface area is 118 Å². The standard InChI is InChI=1S/C13H23N3O2S/c1-5-16-10(3)11(9(2)15-16)8-14-13(18)12(17)6-7-19-4/h12,17H,5-8H2,1-4H3,(H,14,18)/t12-/m0/s1. The summed E-state index contributed by atoms with van der Waals surface area (Å²) in [5.41, 5.74) is 3.03. The van der Waals surface area contributed by atoms with Crippen LogP contribution in [-0.4, -0.2) is 38.9 Å². The maximum Gasteiger partial charge on any atom is 0.249 e. The van der Waals surface area contributed by atoms with E-state index in [1.807, 2.05) is 31.7 Å². The smallest absolute Gasteiger partial charge is 0.249 e. The van der Waals surface area contributed by atoms with Crippen LogP contribution >= 0.6 is 11.8 Å². The third-order valence-corrected chi connectivity index (χ3v) is 3.81. The zero-order valence-corrected chi connectivity index (χ0v) is 12.9. The Balaban J connectivity index is 2.57. The summed E-state index contributed by atoms with van der Waals surface area (Å²) < 4.78 is 1.92. The molecule has 0 saturated heterocycles. The van der Waals surface area contributed by atoms with Crippen molar-refractivity contribution in [3.63, 3.8) is 0 Å². The predicted octanol–water partition coefficient (Wildman–Crippen LogP) is 1.25. The highest BCUT2D eigenvalue weighted by molar-refractivity contribution is 7.98. The summed E-state index contributed by atoms with van der Waals surface area (Å²) in [6.45, 7) is 7.21. The predicted molar refractivity (Wildman–Crippen MR) is 78.2 cm³/mol. The molecular formula is C13H23N3O2S. The maximum atomic E-state index is 11.7. The molecule has 1 atom stereocenters. The van der Waals surface area contributed by atoms with Gasteiger partial charge >= 0.3 is 0 Å². The first-order valence-corrected chi connectivity index (χ1v) is 7.88. The van der Waals surface area contributed by atoms with Gasteiger partial charge < -0.3 is 10.4 Å². The van der Waals surface area contributed by atoms with Gasteiger partial charge in [0.05, 0.1) is 5.69 Å². The van der Waals surface area contributed by atoms with Crippen LogP contribution < -0.4 is 5.32 Å². The van der Waals surface area contributed by atoms with E-state index in [9.17, 15) is 9.90 Å². The molecule has 108 valence electrons. The molecule has 0 aliphatic carbocycles. The van der Waals surface area contributed by atoms with Crippen LogP contribution in [0.4, 0.5) is 0 Å². The van der Waals surface area contributed by atoms with Crippen molar-refractivity contribution in [2.45, 2.75) is 46.4 Å². The summed E-state index contributed by atoms with van der Waals surface area (Å²) in [7, 11) is 0. The summed E-state index contributed by atoms with van der Waals surface area (Å²) >= 11 is 1.62. The molecule has 0 fully saturated rings. The molecule has 0 aliphatic heterocycles. The number of hydrogen-bond acceptors (Lipinski definition) is 4. The largest absolute Gasteiger partial charge is 0.383 e. The molecule has 1 aromatic rings. The minimum Gasteiger partial charge on any atom is -0.383 e. The van der Waals surface area contributed by atoms with E-state index in [0.717, 1.165) is 29.2 Å². The molecule has 6 heteroatoms. The SMILES string of the molecule is CCn1nc(C)c(CNC(=O)[C@@H](O)CCSC)c1C. The van der Waals surface area contributed by atoms with E-state index in [-0.39, 0.29) is 5.91 Å². The van der Waals surface area contributed by atoms with Gasteiger partial charge in [0.25, 0.3) is 0 Å². The first kappa shape index (κ1) is 16.0. The van der Waals surface area contributed by atoms with E-state index in [1.54, 1.807) is 11.8 Å². The highest BCUT2D eigenvalue weighted by Gasteiger charge is 2.16. The molecular weight excluding hydrogens is 262 g/mol. The van der Waals surface area contributed by atoms with Crippen molar-refractivity contribution in [1.29, 1.82) is 0 Å². The van der Waals surface area contributed by atoms with Gasteiger partial charge in [0.2, 0.25) is 5.91 Å². The number of hydrogen-bond donors (Lipinski definition) is 2. The summed E-state index contributed by atoms with van der Waals surface area (Å²) in [6, 6.07) is 0. The quantitative estimate of drug-likeness (QED) is 0.791. The lowest BCUT2D eigenvalue weighted by atomic mass is 10.2. The normalized spacial score (nSPS) is 12.5. The molecule has 0 spiro atoms. The number of aromatic nitrogens is 2. The Morgan fingerprint density at radius 3 is 2.74 bits per heavy atom. The Kier molecular flexibility index (Phi) is 6.37. The van der Waals surface area contributed by atoms with E-state index >= 15 is 0 Å². The molecule has 19 heavy (non-hydrogen) atoms. The van der Waals surface area contributed by atoms with Gasteiger partial charge in [-0.3, -0.25) is 9.48 Å². The summed E-state index contributed by atoms with van der Waals surface area (Å²) in [5, 5.41) is 16.8. The number of thioether (sulfide) groups is 1. The molecule has 0 unspecified atom stereocenters. The Bertz CT molecular complexity index is 432. The summed E-state index contributed by atoms with van der Waals surface area (Å²) in [5.74, 6) is 0.470. The molecule has 0 saturated carbocycles. The van der Waals surface area contributed by atoms with E-state index in [2.05, 4.69) is 10.4 Å². The number of nitrogens with zero attached hydrogens (tertiary/aromatic N) is 2. The Morgan fingerprint density at radius 2 is 2.21 bits per heavy atom. The average Bonchev–Trinajstić information content (AvgIpc) is 2.68. The van der Waals surface area contributed by atoms with Crippen molar-refractivity contribution in [2.75, 3.05) is 12.0 Å². The second-order valence-electron chi connectivity index (χ2n) is 4.48. The number of aryl methyl sites for hydroxylation is 2. The van der Waals surface area contributed by atoms with Crippen molar-refractivity contribution in [1.82, 2.24) is 15.1 Å². The Morgan fingerprint density at radius 1 is 1.53 bits per heavy atom. The molecule has 0 bridgehead atoms. The fraction of sp³-hybridized carbons (Fsp3) is 0.692. The zero-order valence-electron chi connectivity index (χ0n) is 12.1. The molecule has 0 aromatic carbocycles. The monoisotopic (exact) mass is 285 g/mol. The third kappa shape index (κ3) is 4.24. The second kappa shape index (κ2) is 7.55. The Hall–Kier alpha value is -1.01. The molecule has 1 heterocycles. The van der Waals surface area contributed by atoms with Crippen molar-refractivity contribution in [3.05, 3.63) is 17.0 Å². The fourth-order valence-electron chi connectivity index (χ4n) is 1.95. The molecule has 1 rings (SSSR count). The van der Waals surface area contributed by atoms with Gasteiger partial charge in [-0.05, 0) is 39.2 Å². The van der Waals surface area contributed by atoms with E-state index in [4.69, 9.17) is 0 Å². The lowest BCUT2D eigenvalue weighted by molar-refractivity contribution is -0.129. The van der Waals surface area contributed by atoms with E-state index in [1.165, 1.54) is 0 Å². The fourth-order valence-corrected chi connectivity index (χ4v) is 2.41. The van der Waals surface area contributed by atoms with Crippen LogP contribution in [0.15, 0.2) is 0 Å². The number of aliphatic hydroxyl groups is 1. The number of carbonyl (C=O) groups excluding carboxylic acids is 1. The van der Waals surface area contributed by atoms with Crippen molar-refractivity contribution < 1.29 is 9.90 Å². The van der Waals surface area contributed by atoms with Crippen LogP contribution in [0.2, 0.25) is 0 Å².